The Morgan fingerprint density at radius 2 is 2.20 bits per heavy atom. The molecule has 0 heterocycles. The number of Topliss-reactive ketones (excluding diaryl/α,β-unsaturated/α-hetero) is 1. The van der Waals surface area contributed by atoms with Gasteiger partial charge in [-0.05, 0) is 19.3 Å². The first-order valence-electron chi connectivity index (χ1n) is 4.29. The molecular weight excluding hydrogens is 124 g/mol. The highest BCUT2D eigenvalue weighted by Crippen LogP contribution is 2.26. The van der Waals surface area contributed by atoms with Crippen molar-refractivity contribution in [2.75, 3.05) is 0 Å². The van der Waals surface area contributed by atoms with Crippen molar-refractivity contribution in [1.82, 2.24) is 0 Å². The standard InChI is InChI=1S/C9H16O/c1-3-8-6-4-5-7(2)9(8)10/h7-8H,3-6H2,1-2H3/t7-,8+/m0/s1. The Hall–Kier alpha value is -0.330. The fourth-order valence-electron chi connectivity index (χ4n) is 1.76. The van der Waals surface area contributed by atoms with E-state index >= 15 is 0 Å². The van der Waals surface area contributed by atoms with Crippen LogP contribution in [0.15, 0.2) is 0 Å². The van der Waals surface area contributed by atoms with Gasteiger partial charge in [0.05, 0.1) is 0 Å². The van der Waals surface area contributed by atoms with E-state index in [1.54, 1.807) is 0 Å². The summed E-state index contributed by atoms with van der Waals surface area (Å²) in [5, 5.41) is 0. The maximum absolute atomic E-state index is 11.4. The third kappa shape index (κ3) is 1.39. The van der Waals surface area contributed by atoms with Crippen molar-refractivity contribution in [2.45, 2.75) is 39.5 Å². The largest absolute Gasteiger partial charge is 0.299 e. The van der Waals surface area contributed by atoms with E-state index in [-0.39, 0.29) is 0 Å². The highest BCUT2D eigenvalue weighted by atomic mass is 16.1. The third-order valence-corrected chi connectivity index (χ3v) is 2.57. The molecule has 0 aromatic rings. The highest BCUT2D eigenvalue weighted by Gasteiger charge is 2.26. The number of ketones is 1. The van der Waals surface area contributed by atoms with Gasteiger partial charge in [-0.1, -0.05) is 20.3 Å². The van der Waals surface area contributed by atoms with E-state index in [4.69, 9.17) is 0 Å². The maximum atomic E-state index is 11.4. The summed E-state index contributed by atoms with van der Waals surface area (Å²) >= 11 is 0. The van der Waals surface area contributed by atoms with Crippen molar-refractivity contribution >= 4 is 5.78 Å². The Kier molecular flexibility index (Phi) is 2.47. The Morgan fingerprint density at radius 3 is 2.70 bits per heavy atom. The van der Waals surface area contributed by atoms with Crippen molar-refractivity contribution in [1.29, 1.82) is 0 Å². The van der Waals surface area contributed by atoms with Gasteiger partial charge in [-0.3, -0.25) is 4.79 Å². The van der Waals surface area contributed by atoms with Gasteiger partial charge in [0.25, 0.3) is 0 Å². The first-order chi connectivity index (χ1) is 4.75. The van der Waals surface area contributed by atoms with Gasteiger partial charge in [-0.25, -0.2) is 0 Å². The number of hydrogen-bond donors (Lipinski definition) is 0. The van der Waals surface area contributed by atoms with Crippen molar-refractivity contribution in [3.63, 3.8) is 0 Å². The molecular formula is C9H16O. The minimum atomic E-state index is 0.346. The normalized spacial score (nSPS) is 34.4. The van der Waals surface area contributed by atoms with Gasteiger partial charge >= 0.3 is 0 Å². The molecule has 1 saturated carbocycles. The zero-order valence-corrected chi connectivity index (χ0v) is 6.89. The lowest BCUT2D eigenvalue weighted by Crippen LogP contribution is -2.25. The van der Waals surface area contributed by atoms with Crippen molar-refractivity contribution in [2.24, 2.45) is 11.8 Å². The number of hydrogen-bond acceptors (Lipinski definition) is 1. The molecule has 1 rings (SSSR count). The van der Waals surface area contributed by atoms with E-state index in [1.807, 2.05) is 0 Å². The van der Waals surface area contributed by atoms with Gasteiger partial charge in [0, 0.05) is 11.8 Å². The molecule has 1 fully saturated rings. The monoisotopic (exact) mass is 140 g/mol. The second kappa shape index (κ2) is 3.18. The van der Waals surface area contributed by atoms with Gasteiger partial charge in [-0.15, -0.1) is 0 Å². The molecule has 10 heavy (non-hydrogen) atoms. The van der Waals surface area contributed by atoms with Crippen LogP contribution in [0.2, 0.25) is 0 Å². The topological polar surface area (TPSA) is 17.1 Å². The smallest absolute Gasteiger partial charge is 0.138 e. The summed E-state index contributed by atoms with van der Waals surface area (Å²) in [4.78, 5) is 11.4. The summed E-state index contributed by atoms with van der Waals surface area (Å²) in [6.07, 6.45) is 4.56. The van der Waals surface area contributed by atoms with Crippen molar-refractivity contribution in [3.8, 4) is 0 Å². The molecule has 1 aliphatic carbocycles. The summed E-state index contributed by atoms with van der Waals surface area (Å²) in [6, 6.07) is 0. The van der Waals surface area contributed by atoms with Crippen LogP contribution in [-0.4, -0.2) is 5.78 Å². The second-order valence-electron chi connectivity index (χ2n) is 3.34. The third-order valence-electron chi connectivity index (χ3n) is 2.57. The molecule has 0 N–H and O–H groups in total. The minimum Gasteiger partial charge on any atom is -0.299 e. The molecule has 0 radical (unpaired) electrons. The lowest BCUT2D eigenvalue weighted by atomic mass is 9.80. The summed E-state index contributed by atoms with van der Waals surface area (Å²) in [7, 11) is 0. The predicted octanol–water partition coefficient (Wildman–Crippen LogP) is 2.40. The fourth-order valence-corrected chi connectivity index (χ4v) is 1.76. The van der Waals surface area contributed by atoms with Gasteiger partial charge in [0.1, 0.15) is 5.78 Å². The quantitative estimate of drug-likeness (QED) is 0.546. The van der Waals surface area contributed by atoms with Crippen molar-refractivity contribution in [3.05, 3.63) is 0 Å². The summed E-state index contributed by atoms with van der Waals surface area (Å²) in [6.45, 7) is 4.17. The Bertz CT molecular complexity index is 129. The first kappa shape index (κ1) is 7.77. The Balaban J connectivity index is 2.51. The van der Waals surface area contributed by atoms with Crippen LogP contribution >= 0.6 is 0 Å². The molecule has 0 amide bonds. The molecule has 0 aromatic heterocycles. The zero-order chi connectivity index (χ0) is 7.56. The lowest BCUT2D eigenvalue weighted by molar-refractivity contribution is -0.128. The van der Waals surface area contributed by atoms with E-state index < -0.39 is 0 Å². The average Bonchev–Trinajstić information content (AvgIpc) is 1.95. The fraction of sp³-hybridized carbons (Fsp3) is 0.889. The molecule has 1 heteroatoms. The Morgan fingerprint density at radius 1 is 1.50 bits per heavy atom. The minimum absolute atomic E-state index is 0.346. The number of carbonyl (C=O) groups is 1. The molecule has 2 atom stereocenters. The van der Waals surface area contributed by atoms with Crippen LogP contribution in [0.3, 0.4) is 0 Å². The SMILES string of the molecule is CC[C@@H]1CCC[C@H](C)C1=O. The molecule has 1 aliphatic rings. The lowest BCUT2D eigenvalue weighted by Gasteiger charge is -2.23. The van der Waals surface area contributed by atoms with Gasteiger partial charge in [-0.2, -0.15) is 0 Å². The van der Waals surface area contributed by atoms with Gasteiger partial charge in [0.15, 0.2) is 0 Å². The van der Waals surface area contributed by atoms with Gasteiger partial charge < -0.3 is 0 Å². The number of carbonyl (C=O) groups excluding carboxylic acids is 1. The molecule has 0 bridgehead atoms. The molecule has 0 saturated heterocycles. The van der Waals surface area contributed by atoms with Crippen molar-refractivity contribution < 1.29 is 4.79 Å². The molecule has 0 spiro atoms. The van der Waals surface area contributed by atoms with E-state index in [9.17, 15) is 4.79 Å². The summed E-state index contributed by atoms with van der Waals surface area (Å²) in [5.41, 5.74) is 0. The zero-order valence-electron chi connectivity index (χ0n) is 6.89. The van der Waals surface area contributed by atoms with Crippen LogP contribution in [0.25, 0.3) is 0 Å². The van der Waals surface area contributed by atoms with E-state index in [0.717, 1.165) is 19.3 Å². The van der Waals surface area contributed by atoms with Crippen LogP contribution in [0, 0.1) is 11.8 Å². The Labute approximate surface area is 62.8 Å². The molecule has 0 unspecified atom stereocenters. The van der Waals surface area contributed by atoms with Crippen LogP contribution < -0.4 is 0 Å². The molecule has 58 valence electrons. The van der Waals surface area contributed by atoms with E-state index in [0.29, 0.717) is 17.6 Å². The molecule has 0 aliphatic heterocycles. The van der Waals surface area contributed by atoms with E-state index in [2.05, 4.69) is 13.8 Å². The highest BCUT2D eigenvalue weighted by molar-refractivity contribution is 5.83. The maximum Gasteiger partial charge on any atom is 0.138 e. The number of rotatable bonds is 1. The van der Waals surface area contributed by atoms with Gasteiger partial charge in [0.2, 0.25) is 0 Å². The summed E-state index contributed by atoms with van der Waals surface area (Å²) < 4.78 is 0. The second-order valence-corrected chi connectivity index (χ2v) is 3.34. The van der Waals surface area contributed by atoms with Crippen LogP contribution in [0.5, 0.6) is 0 Å². The molecule has 1 nitrogen and oxygen atoms in total. The van der Waals surface area contributed by atoms with E-state index in [1.165, 1.54) is 6.42 Å². The molecule has 0 aromatic carbocycles. The summed E-state index contributed by atoms with van der Waals surface area (Å²) in [5.74, 6) is 1.25. The van der Waals surface area contributed by atoms with Crippen LogP contribution in [-0.2, 0) is 4.79 Å². The van der Waals surface area contributed by atoms with Crippen LogP contribution in [0.1, 0.15) is 39.5 Å². The first-order valence-corrected chi connectivity index (χ1v) is 4.29. The average molecular weight is 140 g/mol. The van der Waals surface area contributed by atoms with Crippen LogP contribution in [0.4, 0.5) is 0 Å². The predicted molar refractivity (Wildman–Crippen MR) is 41.8 cm³/mol.